The third-order valence-electron chi connectivity index (χ3n) is 4.60. The summed E-state index contributed by atoms with van der Waals surface area (Å²) in [5.41, 5.74) is 0.998. The summed E-state index contributed by atoms with van der Waals surface area (Å²) in [5, 5.41) is 11.9. The molecule has 2 aliphatic heterocycles. The molecule has 3 unspecified atom stereocenters. The zero-order valence-electron chi connectivity index (χ0n) is 13.4. The fourth-order valence-corrected chi connectivity index (χ4v) is 3.68. The molecule has 1 N–H and O–H groups in total. The third-order valence-corrected chi connectivity index (χ3v) is 5.34. The highest BCUT2D eigenvalue weighted by Gasteiger charge is 2.59. The zero-order valence-corrected chi connectivity index (χ0v) is 14.9. The van der Waals surface area contributed by atoms with Crippen LogP contribution in [0.2, 0.25) is 10.0 Å². The minimum absolute atomic E-state index is 0.243. The first-order valence-corrected chi connectivity index (χ1v) is 8.73. The molecule has 134 valence electrons. The average molecular weight is 393 g/mol. The number of carbonyl (C=O) groups excluding carboxylic acids is 2. The highest BCUT2D eigenvalue weighted by atomic mass is 35.5. The molecular weight excluding hydrogens is 379 g/mol. The lowest BCUT2D eigenvalue weighted by Crippen LogP contribution is -2.42. The van der Waals surface area contributed by atoms with Crippen molar-refractivity contribution in [2.45, 2.75) is 12.1 Å². The third kappa shape index (κ3) is 2.57. The van der Waals surface area contributed by atoms with Crippen molar-refractivity contribution in [2.24, 2.45) is 5.92 Å². The van der Waals surface area contributed by atoms with Gasteiger partial charge in [-0.3, -0.25) is 14.4 Å². The first-order chi connectivity index (χ1) is 12.5. The molecule has 26 heavy (non-hydrogen) atoms. The molecule has 2 aromatic rings. The van der Waals surface area contributed by atoms with Gasteiger partial charge in [-0.15, -0.1) is 0 Å². The SMILES string of the molecule is O=C1C2ON(c3ccccc3)C(CO)C2C(=O)N1c1ccc(Cl)c(Cl)c1. The molecule has 2 fully saturated rings. The molecule has 0 saturated carbocycles. The number of aliphatic hydroxyl groups is 1. The van der Waals surface area contributed by atoms with Gasteiger partial charge in [0.2, 0.25) is 5.91 Å². The summed E-state index contributed by atoms with van der Waals surface area (Å²) in [6.07, 6.45) is -0.991. The Hall–Kier alpha value is -2.12. The van der Waals surface area contributed by atoms with E-state index in [0.29, 0.717) is 16.4 Å². The Balaban J connectivity index is 1.68. The van der Waals surface area contributed by atoms with E-state index >= 15 is 0 Å². The predicted molar refractivity (Wildman–Crippen MR) is 97.1 cm³/mol. The average Bonchev–Trinajstić information content (AvgIpc) is 3.15. The number of para-hydroxylation sites is 1. The van der Waals surface area contributed by atoms with Crippen LogP contribution in [-0.4, -0.2) is 35.7 Å². The summed E-state index contributed by atoms with van der Waals surface area (Å²) in [6.45, 7) is -0.329. The normalized spacial score (nSPS) is 25.1. The minimum Gasteiger partial charge on any atom is -0.394 e. The van der Waals surface area contributed by atoms with Crippen molar-refractivity contribution in [2.75, 3.05) is 16.6 Å². The number of hydrogen-bond acceptors (Lipinski definition) is 5. The number of fused-ring (bicyclic) bond motifs is 1. The molecule has 4 rings (SSSR count). The maximum atomic E-state index is 13.0. The van der Waals surface area contributed by atoms with Crippen LogP contribution < -0.4 is 9.96 Å². The van der Waals surface area contributed by atoms with Crippen LogP contribution in [0.4, 0.5) is 11.4 Å². The molecule has 0 spiro atoms. The van der Waals surface area contributed by atoms with Crippen molar-refractivity contribution in [3.63, 3.8) is 0 Å². The lowest BCUT2D eigenvalue weighted by molar-refractivity contribution is -0.126. The van der Waals surface area contributed by atoms with E-state index in [9.17, 15) is 14.7 Å². The van der Waals surface area contributed by atoms with Gasteiger partial charge in [0.05, 0.1) is 34.1 Å². The van der Waals surface area contributed by atoms with Crippen LogP contribution in [0.3, 0.4) is 0 Å². The monoisotopic (exact) mass is 392 g/mol. The standard InChI is InChI=1S/C18H14Cl2N2O4/c19-12-7-6-11(8-13(12)20)21-17(24)15-14(9-23)22(26-16(15)18(21)25)10-4-2-1-3-5-10/h1-8,14-16,23H,9H2. The molecule has 6 nitrogen and oxygen atoms in total. The quantitative estimate of drug-likeness (QED) is 0.813. The van der Waals surface area contributed by atoms with Gasteiger partial charge in [0, 0.05) is 0 Å². The number of amides is 2. The first-order valence-electron chi connectivity index (χ1n) is 7.97. The van der Waals surface area contributed by atoms with E-state index in [1.54, 1.807) is 18.2 Å². The molecule has 0 aliphatic carbocycles. The van der Waals surface area contributed by atoms with Gasteiger partial charge in [-0.05, 0) is 30.3 Å². The number of nitrogens with zero attached hydrogens (tertiary/aromatic N) is 2. The van der Waals surface area contributed by atoms with Gasteiger partial charge in [0.1, 0.15) is 5.92 Å². The van der Waals surface area contributed by atoms with Crippen LogP contribution >= 0.6 is 23.2 Å². The molecule has 0 aromatic heterocycles. The fourth-order valence-electron chi connectivity index (χ4n) is 3.38. The summed E-state index contributed by atoms with van der Waals surface area (Å²) in [7, 11) is 0. The number of rotatable bonds is 3. The summed E-state index contributed by atoms with van der Waals surface area (Å²) in [5.74, 6) is -1.73. The molecule has 2 amide bonds. The van der Waals surface area contributed by atoms with Gasteiger partial charge in [-0.25, -0.2) is 9.96 Å². The Labute approximate surface area is 159 Å². The van der Waals surface area contributed by atoms with Crippen molar-refractivity contribution < 1.29 is 19.5 Å². The van der Waals surface area contributed by atoms with E-state index in [-0.39, 0.29) is 11.6 Å². The van der Waals surface area contributed by atoms with Crippen molar-refractivity contribution in [1.82, 2.24) is 0 Å². The van der Waals surface area contributed by atoms with Crippen molar-refractivity contribution in [3.05, 3.63) is 58.6 Å². The summed E-state index contributed by atoms with van der Waals surface area (Å²) in [4.78, 5) is 32.6. The second kappa shape index (κ2) is 6.55. The number of halogens is 2. The molecule has 2 heterocycles. The topological polar surface area (TPSA) is 70.1 Å². The Kier molecular flexibility index (Phi) is 4.36. The highest BCUT2D eigenvalue weighted by Crippen LogP contribution is 2.40. The largest absolute Gasteiger partial charge is 0.394 e. The first kappa shape index (κ1) is 17.3. The Morgan fingerprint density at radius 3 is 2.35 bits per heavy atom. The van der Waals surface area contributed by atoms with Crippen LogP contribution in [0.25, 0.3) is 0 Å². The zero-order chi connectivity index (χ0) is 18.4. The molecule has 8 heteroatoms. The van der Waals surface area contributed by atoms with Crippen LogP contribution in [0.1, 0.15) is 0 Å². The minimum atomic E-state index is -0.991. The van der Waals surface area contributed by atoms with Gasteiger partial charge >= 0.3 is 0 Å². The van der Waals surface area contributed by atoms with Crippen LogP contribution in [0, 0.1) is 5.92 Å². The number of hydroxylamine groups is 1. The van der Waals surface area contributed by atoms with Crippen molar-refractivity contribution >= 4 is 46.4 Å². The second-order valence-corrected chi connectivity index (χ2v) is 6.89. The lowest BCUT2D eigenvalue weighted by atomic mass is 9.97. The van der Waals surface area contributed by atoms with E-state index in [2.05, 4.69) is 0 Å². The molecule has 2 aliphatic rings. The molecule has 0 bridgehead atoms. The highest BCUT2D eigenvalue weighted by molar-refractivity contribution is 6.42. The molecule has 0 radical (unpaired) electrons. The van der Waals surface area contributed by atoms with Crippen LogP contribution in [0.15, 0.2) is 48.5 Å². The van der Waals surface area contributed by atoms with E-state index < -0.39 is 29.9 Å². The predicted octanol–water partition coefficient (Wildman–Crippen LogP) is 2.66. The van der Waals surface area contributed by atoms with E-state index in [0.717, 1.165) is 4.90 Å². The lowest BCUT2D eigenvalue weighted by Gasteiger charge is -2.27. The second-order valence-electron chi connectivity index (χ2n) is 6.07. The summed E-state index contributed by atoms with van der Waals surface area (Å²) < 4.78 is 0. The molecular formula is C18H14Cl2N2O4. The number of aliphatic hydroxyl groups excluding tert-OH is 1. The van der Waals surface area contributed by atoms with Gasteiger partial charge in [-0.2, -0.15) is 0 Å². The summed E-state index contributed by atoms with van der Waals surface area (Å²) in [6, 6.07) is 12.9. The number of carbonyl (C=O) groups is 2. The Bertz CT molecular complexity index is 877. The van der Waals surface area contributed by atoms with E-state index in [1.165, 1.54) is 17.2 Å². The number of anilines is 2. The van der Waals surface area contributed by atoms with Crippen molar-refractivity contribution in [1.29, 1.82) is 0 Å². The fraction of sp³-hybridized carbons (Fsp3) is 0.222. The number of imide groups is 1. The van der Waals surface area contributed by atoms with Crippen molar-refractivity contribution in [3.8, 4) is 0 Å². The van der Waals surface area contributed by atoms with Crippen LogP contribution in [-0.2, 0) is 14.4 Å². The molecule has 2 aromatic carbocycles. The Morgan fingerprint density at radius 2 is 1.69 bits per heavy atom. The van der Waals surface area contributed by atoms with Gasteiger partial charge in [0.15, 0.2) is 6.10 Å². The van der Waals surface area contributed by atoms with Gasteiger partial charge < -0.3 is 5.11 Å². The van der Waals surface area contributed by atoms with E-state index in [4.69, 9.17) is 28.0 Å². The van der Waals surface area contributed by atoms with Gasteiger partial charge in [-0.1, -0.05) is 41.4 Å². The number of benzene rings is 2. The maximum absolute atomic E-state index is 13.0. The smallest absolute Gasteiger partial charge is 0.266 e. The molecule has 2 saturated heterocycles. The number of hydrogen-bond donors (Lipinski definition) is 1. The molecule has 3 atom stereocenters. The van der Waals surface area contributed by atoms with Gasteiger partial charge in [0.25, 0.3) is 5.91 Å². The van der Waals surface area contributed by atoms with E-state index in [1.807, 2.05) is 18.2 Å². The Morgan fingerprint density at radius 1 is 0.962 bits per heavy atom. The maximum Gasteiger partial charge on any atom is 0.266 e. The summed E-state index contributed by atoms with van der Waals surface area (Å²) >= 11 is 11.9. The van der Waals surface area contributed by atoms with Crippen LogP contribution in [0.5, 0.6) is 0 Å².